The fourth-order valence-electron chi connectivity index (χ4n) is 5.12. The Hall–Kier alpha value is -4.28. The van der Waals surface area contributed by atoms with Crippen molar-refractivity contribution in [1.82, 2.24) is 34.2 Å². The van der Waals surface area contributed by atoms with Crippen LogP contribution in [-0.4, -0.2) is 47.3 Å². The van der Waals surface area contributed by atoms with Gasteiger partial charge in [0.25, 0.3) is 5.56 Å². The van der Waals surface area contributed by atoms with E-state index < -0.39 is 0 Å². The van der Waals surface area contributed by atoms with Crippen molar-refractivity contribution in [3.8, 4) is 11.5 Å². The minimum atomic E-state index is -0.185. The standard InChI is InChI=1S/C23H20N8O3/c1-29-11-25-21-19(29)23(32)31(12-26-21)10-17-27-20(28-34-17)18-15-8-30(9-16(15)18)14-4-2-3-13(7-14)22-24-5-6-33-22/h2-7,11-12,15-16,18H,8-10H2,1H3/t15-,16+,18+. The molecule has 1 saturated carbocycles. The van der Waals surface area contributed by atoms with Crippen LogP contribution in [0.5, 0.6) is 0 Å². The largest absolute Gasteiger partial charge is 0.445 e. The van der Waals surface area contributed by atoms with Gasteiger partial charge >= 0.3 is 0 Å². The average Bonchev–Trinajstić information content (AvgIpc) is 3.47. The number of hydrogen-bond acceptors (Lipinski definition) is 9. The summed E-state index contributed by atoms with van der Waals surface area (Å²) in [6, 6.07) is 8.26. The fourth-order valence-corrected chi connectivity index (χ4v) is 5.12. The van der Waals surface area contributed by atoms with Crippen LogP contribution in [0.1, 0.15) is 17.6 Å². The molecule has 1 aliphatic heterocycles. The summed E-state index contributed by atoms with van der Waals surface area (Å²) in [6.45, 7) is 2.06. The molecule has 1 aliphatic carbocycles. The van der Waals surface area contributed by atoms with Gasteiger partial charge in [0.2, 0.25) is 11.8 Å². The Morgan fingerprint density at radius 2 is 1.97 bits per heavy atom. The zero-order valence-corrected chi connectivity index (χ0v) is 18.3. The summed E-state index contributed by atoms with van der Waals surface area (Å²) in [7, 11) is 1.77. The van der Waals surface area contributed by atoms with Crippen molar-refractivity contribution in [1.29, 1.82) is 0 Å². The van der Waals surface area contributed by atoms with Crippen LogP contribution in [0.3, 0.4) is 0 Å². The van der Waals surface area contributed by atoms with Gasteiger partial charge in [-0.25, -0.2) is 15.0 Å². The minimum absolute atomic E-state index is 0.182. The first-order valence-corrected chi connectivity index (χ1v) is 11.1. The van der Waals surface area contributed by atoms with Crippen LogP contribution in [0.4, 0.5) is 5.69 Å². The molecule has 11 nitrogen and oxygen atoms in total. The molecular weight excluding hydrogens is 436 g/mol. The van der Waals surface area contributed by atoms with E-state index in [1.54, 1.807) is 30.4 Å². The van der Waals surface area contributed by atoms with Gasteiger partial charge in [0.05, 0.1) is 12.5 Å². The smallest absolute Gasteiger partial charge is 0.280 e. The van der Waals surface area contributed by atoms with Crippen LogP contribution in [0.2, 0.25) is 0 Å². The van der Waals surface area contributed by atoms with Gasteiger partial charge in [-0.1, -0.05) is 11.2 Å². The van der Waals surface area contributed by atoms with E-state index in [1.165, 1.54) is 10.9 Å². The number of benzene rings is 1. The van der Waals surface area contributed by atoms with Gasteiger partial charge in [0.15, 0.2) is 17.0 Å². The third-order valence-electron chi connectivity index (χ3n) is 6.87. The maximum Gasteiger partial charge on any atom is 0.280 e. The minimum Gasteiger partial charge on any atom is -0.445 e. The highest BCUT2D eigenvalue weighted by Gasteiger charge is 2.58. The van der Waals surface area contributed by atoms with Crippen LogP contribution >= 0.6 is 0 Å². The second-order valence-electron chi connectivity index (χ2n) is 8.90. The van der Waals surface area contributed by atoms with Crippen molar-refractivity contribution in [3.05, 3.63) is 71.4 Å². The van der Waals surface area contributed by atoms with Crippen molar-refractivity contribution in [3.63, 3.8) is 0 Å². The Balaban J connectivity index is 1.05. The Labute approximate surface area is 192 Å². The number of imidazole rings is 1. The molecule has 0 bridgehead atoms. The maximum atomic E-state index is 12.8. The van der Waals surface area contributed by atoms with Gasteiger partial charge in [-0.2, -0.15) is 4.98 Å². The number of nitrogens with zero attached hydrogens (tertiary/aromatic N) is 8. The highest BCUT2D eigenvalue weighted by molar-refractivity contribution is 5.68. The Morgan fingerprint density at radius 1 is 1.12 bits per heavy atom. The molecule has 0 N–H and O–H groups in total. The number of aryl methyl sites for hydroxylation is 1. The quantitative estimate of drug-likeness (QED) is 0.391. The molecule has 5 heterocycles. The van der Waals surface area contributed by atoms with Gasteiger partial charge in [-0.3, -0.25) is 9.36 Å². The Morgan fingerprint density at radius 3 is 2.79 bits per heavy atom. The lowest BCUT2D eigenvalue weighted by Gasteiger charge is -2.21. The molecule has 0 unspecified atom stereocenters. The number of anilines is 1. The van der Waals surface area contributed by atoms with Gasteiger partial charge in [-0.05, 0) is 30.0 Å². The third kappa shape index (κ3) is 2.96. The molecule has 0 radical (unpaired) electrons. The van der Waals surface area contributed by atoms with E-state index >= 15 is 0 Å². The molecule has 34 heavy (non-hydrogen) atoms. The lowest BCUT2D eigenvalue weighted by molar-refractivity contribution is 0.363. The molecule has 7 rings (SSSR count). The molecule has 0 amide bonds. The normalized spacial score (nSPS) is 21.3. The van der Waals surface area contributed by atoms with Crippen molar-refractivity contribution in [2.45, 2.75) is 12.5 Å². The molecule has 0 spiro atoms. The highest BCUT2D eigenvalue weighted by atomic mass is 16.5. The van der Waals surface area contributed by atoms with Crippen LogP contribution in [-0.2, 0) is 13.6 Å². The van der Waals surface area contributed by atoms with Gasteiger partial charge in [0, 0.05) is 37.3 Å². The summed E-state index contributed by atoms with van der Waals surface area (Å²) in [6.07, 6.45) is 6.28. The summed E-state index contributed by atoms with van der Waals surface area (Å²) in [5, 5.41) is 4.22. The summed E-state index contributed by atoms with van der Waals surface area (Å²) < 4.78 is 14.0. The van der Waals surface area contributed by atoms with Crippen molar-refractivity contribution >= 4 is 16.9 Å². The lowest BCUT2D eigenvalue weighted by atomic mass is 10.1. The number of rotatable bonds is 5. The van der Waals surface area contributed by atoms with Crippen LogP contribution < -0.4 is 10.5 Å². The van der Waals surface area contributed by atoms with Gasteiger partial charge < -0.3 is 18.4 Å². The molecule has 5 aromatic rings. The van der Waals surface area contributed by atoms with E-state index in [0.717, 1.165) is 30.2 Å². The summed E-state index contributed by atoms with van der Waals surface area (Å²) in [5.74, 6) is 3.03. The fraction of sp³-hybridized carbons (Fsp3) is 0.304. The summed E-state index contributed by atoms with van der Waals surface area (Å²) in [4.78, 5) is 32.3. The lowest BCUT2D eigenvalue weighted by Crippen LogP contribution is -2.24. The first kappa shape index (κ1) is 19.2. The van der Waals surface area contributed by atoms with Gasteiger partial charge in [-0.15, -0.1) is 0 Å². The molecule has 2 fully saturated rings. The third-order valence-corrected chi connectivity index (χ3v) is 6.87. The Kier molecular flexibility index (Phi) is 4.02. The van der Waals surface area contributed by atoms with Gasteiger partial charge in [0.1, 0.15) is 19.1 Å². The molecule has 4 aromatic heterocycles. The van der Waals surface area contributed by atoms with Crippen LogP contribution in [0.15, 0.2) is 63.1 Å². The number of aromatic nitrogens is 7. The molecule has 1 saturated heterocycles. The topological polar surface area (TPSA) is 121 Å². The molecule has 2 aliphatic rings. The number of oxazole rings is 1. The molecule has 170 valence electrons. The van der Waals surface area contributed by atoms with Crippen molar-refractivity contribution in [2.24, 2.45) is 18.9 Å². The first-order chi connectivity index (χ1) is 16.7. The van der Waals surface area contributed by atoms with Crippen molar-refractivity contribution in [2.75, 3.05) is 18.0 Å². The summed E-state index contributed by atoms with van der Waals surface area (Å²) in [5.41, 5.74) is 2.82. The van der Waals surface area contributed by atoms with E-state index in [2.05, 4.69) is 42.1 Å². The summed E-state index contributed by atoms with van der Waals surface area (Å²) >= 11 is 0. The van der Waals surface area contributed by atoms with E-state index in [4.69, 9.17) is 8.94 Å². The van der Waals surface area contributed by atoms with Crippen LogP contribution in [0, 0.1) is 11.8 Å². The predicted octanol–water partition coefficient (Wildman–Crippen LogP) is 2.07. The Bertz CT molecular complexity index is 1550. The van der Waals surface area contributed by atoms with E-state index in [1.807, 2.05) is 12.1 Å². The SMILES string of the molecule is Cn1cnc2ncn(Cc3nc([C@H]4[C@@H]5CN(c6cccc(-c7ncco7)c6)C[C@@H]54)no3)c(=O)c21. The second kappa shape index (κ2) is 7.11. The second-order valence-corrected chi connectivity index (χ2v) is 8.90. The molecule has 11 heteroatoms. The molecule has 3 atom stereocenters. The monoisotopic (exact) mass is 456 g/mol. The van der Waals surface area contributed by atoms with Crippen LogP contribution in [0.25, 0.3) is 22.6 Å². The average molecular weight is 456 g/mol. The van der Waals surface area contributed by atoms with Crippen molar-refractivity contribution < 1.29 is 8.94 Å². The molecular formula is C23H20N8O3. The first-order valence-electron chi connectivity index (χ1n) is 11.1. The zero-order chi connectivity index (χ0) is 22.8. The predicted molar refractivity (Wildman–Crippen MR) is 120 cm³/mol. The highest BCUT2D eigenvalue weighted by Crippen LogP contribution is 2.58. The number of hydrogen-bond donors (Lipinski definition) is 0. The number of fused-ring (bicyclic) bond motifs is 2. The maximum absolute atomic E-state index is 12.8. The number of piperidine rings is 1. The van der Waals surface area contributed by atoms with E-state index in [9.17, 15) is 4.79 Å². The zero-order valence-electron chi connectivity index (χ0n) is 18.3. The molecule has 1 aromatic carbocycles. The van der Waals surface area contributed by atoms with E-state index in [-0.39, 0.29) is 18.0 Å². The van der Waals surface area contributed by atoms with E-state index in [0.29, 0.717) is 34.8 Å².